The Hall–Kier alpha value is -0.530. The highest BCUT2D eigenvalue weighted by atomic mass is 32.1. The summed E-state index contributed by atoms with van der Waals surface area (Å²) < 4.78 is 17.5. The molecule has 0 aromatic carbocycles. The monoisotopic (exact) mass is 324 g/mol. The van der Waals surface area contributed by atoms with Crippen LogP contribution in [0.15, 0.2) is 11.6 Å². The number of fused-ring (bicyclic) bond motifs is 1. The second kappa shape index (κ2) is 6.93. The van der Waals surface area contributed by atoms with Gasteiger partial charge in [0.05, 0.1) is 32.5 Å². The summed E-state index contributed by atoms with van der Waals surface area (Å²) in [5.41, 5.74) is 0. The van der Waals surface area contributed by atoms with Crippen molar-refractivity contribution in [2.45, 2.75) is 31.5 Å². The van der Waals surface area contributed by atoms with Crippen molar-refractivity contribution < 1.29 is 14.2 Å². The van der Waals surface area contributed by atoms with Crippen LogP contribution in [0.1, 0.15) is 17.8 Å². The molecule has 3 aliphatic rings. The summed E-state index contributed by atoms with van der Waals surface area (Å²) in [7, 11) is 0. The van der Waals surface area contributed by atoms with Crippen LogP contribution in [0.5, 0.6) is 0 Å². The zero-order valence-electron chi connectivity index (χ0n) is 12.9. The Morgan fingerprint density at radius 3 is 3.00 bits per heavy atom. The van der Waals surface area contributed by atoms with E-state index >= 15 is 0 Å². The number of nitrogens with zero attached hydrogens (tertiary/aromatic N) is 2. The number of rotatable bonds is 5. The van der Waals surface area contributed by atoms with Crippen molar-refractivity contribution in [3.63, 3.8) is 0 Å². The minimum Gasteiger partial charge on any atom is -0.381 e. The van der Waals surface area contributed by atoms with Crippen molar-refractivity contribution in [3.8, 4) is 0 Å². The molecule has 3 fully saturated rings. The predicted molar refractivity (Wildman–Crippen MR) is 83.9 cm³/mol. The van der Waals surface area contributed by atoms with Crippen molar-refractivity contribution in [2.24, 2.45) is 11.8 Å². The Morgan fingerprint density at radius 2 is 2.18 bits per heavy atom. The molecule has 5 nitrogen and oxygen atoms in total. The molecule has 22 heavy (non-hydrogen) atoms. The van der Waals surface area contributed by atoms with Crippen LogP contribution < -0.4 is 0 Å². The lowest BCUT2D eigenvalue weighted by atomic mass is 10.00. The molecule has 1 aromatic rings. The number of ether oxygens (including phenoxy) is 3. The Bertz CT molecular complexity index is 464. The van der Waals surface area contributed by atoms with E-state index in [1.807, 2.05) is 11.6 Å². The Morgan fingerprint density at radius 1 is 1.27 bits per heavy atom. The predicted octanol–water partition coefficient (Wildman–Crippen LogP) is 1.79. The molecule has 0 spiro atoms. The minimum atomic E-state index is 0.315. The van der Waals surface area contributed by atoms with Gasteiger partial charge in [0, 0.05) is 43.3 Å². The molecule has 4 rings (SSSR count). The second-order valence-electron chi connectivity index (χ2n) is 6.55. The van der Waals surface area contributed by atoms with E-state index < -0.39 is 0 Å². The molecule has 3 saturated heterocycles. The number of likely N-dealkylation sites (tertiary alicyclic amines) is 1. The standard InChI is InChI=1S/C16H24N2O3S/c1-4-19-5-2-12(1)9-21-15-7-18(8-16-17-3-6-22-16)14-11-20-10-13(14)15/h3,6,12-15H,1-2,4-5,7-11H2/t13-,14+,15-/m0/s1. The fraction of sp³-hybridized carbons (Fsp3) is 0.812. The fourth-order valence-corrected chi connectivity index (χ4v) is 4.47. The third-order valence-corrected chi connectivity index (χ3v) is 5.93. The smallest absolute Gasteiger partial charge is 0.107 e. The van der Waals surface area contributed by atoms with Gasteiger partial charge in [-0.25, -0.2) is 4.98 Å². The Kier molecular flexibility index (Phi) is 4.73. The van der Waals surface area contributed by atoms with E-state index in [9.17, 15) is 0 Å². The molecule has 0 unspecified atom stereocenters. The highest BCUT2D eigenvalue weighted by molar-refractivity contribution is 7.09. The number of hydrogen-bond acceptors (Lipinski definition) is 6. The van der Waals surface area contributed by atoms with Gasteiger partial charge in [-0.2, -0.15) is 0 Å². The van der Waals surface area contributed by atoms with Gasteiger partial charge >= 0.3 is 0 Å². The first-order chi connectivity index (χ1) is 10.9. The van der Waals surface area contributed by atoms with Gasteiger partial charge in [0.1, 0.15) is 5.01 Å². The molecule has 0 bridgehead atoms. The summed E-state index contributed by atoms with van der Waals surface area (Å²) in [6, 6.07) is 0.503. The number of hydrogen-bond donors (Lipinski definition) is 0. The third-order valence-electron chi connectivity index (χ3n) is 5.16. The molecule has 0 N–H and O–H groups in total. The van der Waals surface area contributed by atoms with E-state index in [0.717, 1.165) is 59.0 Å². The van der Waals surface area contributed by atoms with Crippen LogP contribution in [0, 0.1) is 11.8 Å². The lowest BCUT2D eigenvalue weighted by Crippen LogP contribution is -2.32. The van der Waals surface area contributed by atoms with Crippen molar-refractivity contribution in [1.82, 2.24) is 9.88 Å². The van der Waals surface area contributed by atoms with Gasteiger partial charge in [-0.1, -0.05) is 0 Å². The average Bonchev–Trinajstić information content (AvgIpc) is 3.26. The van der Waals surface area contributed by atoms with Crippen LogP contribution in [0.3, 0.4) is 0 Å². The molecule has 122 valence electrons. The normalized spacial score (nSPS) is 33.4. The zero-order chi connectivity index (χ0) is 14.8. The molecule has 3 atom stereocenters. The molecule has 0 saturated carbocycles. The molecule has 4 heterocycles. The van der Waals surface area contributed by atoms with Gasteiger partial charge < -0.3 is 14.2 Å². The van der Waals surface area contributed by atoms with Gasteiger partial charge in [-0.15, -0.1) is 11.3 Å². The van der Waals surface area contributed by atoms with Crippen LogP contribution >= 0.6 is 11.3 Å². The van der Waals surface area contributed by atoms with Gasteiger partial charge in [0.2, 0.25) is 0 Å². The van der Waals surface area contributed by atoms with E-state index in [4.69, 9.17) is 14.2 Å². The maximum absolute atomic E-state index is 6.31. The Balaban J connectivity index is 1.34. The minimum absolute atomic E-state index is 0.315. The molecule has 1 aromatic heterocycles. The SMILES string of the molecule is c1csc(CN2C[C@H](OCC3CCOCC3)[C@H]3COC[C@H]32)n1. The number of aromatic nitrogens is 1. The topological polar surface area (TPSA) is 43.8 Å². The molecular formula is C16H24N2O3S. The van der Waals surface area contributed by atoms with Crippen molar-refractivity contribution in [2.75, 3.05) is 39.6 Å². The van der Waals surface area contributed by atoms with E-state index in [-0.39, 0.29) is 0 Å². The summed E-state index contributed by atoms with van der Waals surface area (Å²) in [4.78, 5) is 6.92. The molecular weight excluding hydrogens is 300 g/mol. The van der Waals surface area contributed by atoms with Crippen LogP contribution in [0.25, 0.3) is 0 Å². The van der Waals surface area contributed by atoms with Crippen molar-refractivity contribution >= 4 is 11.3 Å². The average molecular weight is 324 g/mol. The summed E-state index contributed by atoms with van der Waals surface area (Å²) in [5.74, 6) is 1.20. The zero-order valence-corrected chi connectivity index (χ0v) is 13.7. The van der Waals surface area contributed by atoms with Crippen LogP contribution in [0.2, 0.25) is 0 Å². The second-order valence-corrected chi connectivity index (χ2v) is 7.53. The van der Waals surface area contributed by atoms with Crippen LogP contribution in [0.4, 0.5) is 0 Å². The summed E-state index contributed by atoms with van der Waals surface area (Å²) in [6.07, 6.45) is 4.48. The van der Waals surface area contributed by atoms with Crippen LogP contribution in [-0.4, -0.2) is 61.6 Å². The molecule has 0 amide bonds. The van der Waals surface area contributed by atoms with Gasteiger partial charge in [0.25, 0.3) is 0 Å². The highest BCUT2D eigenvalue weighted by Gasteiger charge is 2.46. The largest absolute Gasteiger partial charge is 0.381 e. The lowest BCUT2D eigenvalue weighted by Gasteiger charge is -2.25. The molecule has 0 radical (unpaired) electrons. The molecule has 3 aliphatic heterocycles. The van der Waals surface area contributed by atoms with Crippen molar-refractivity contribution in [3.05, 3.63) is 16.6 Å². The van der Waals surface area contributed by atoms with Gasteiger partial charge in [-0.05, 0) is 18.8 Å². The first-order valence-electron chi connectivity index (χ1n) is 8.29. The first kappa shape index (κ1) is 15.0. The summed E-state index contributed by atoms with van der Waals surface area (Å²) >= 11 is 1.73. The first-order valence-corrected chi connectivity index (χ1v) is 9.17. The highest BCUT2D eigenvalue weighted by Crippen LogP contribution is 2.34. The maximum Gasteiger partial charge on any atom is 0.107 e. The fourth-order valence-electron chi connectivity index (χ4n) is 3.83. The number of thiazole rings is 1. The van der Waals surface area contributed by atoms with Gasteiger partial charge in [-0.3, -0.25) is 4.90 Å². The Labute approximate surface area is 135 Å². The van der Waals surface area contributed by atoms with E-state index in [1.54, 1.807) is 11.3 Å². The lowest BCUT2D eigenvalue weighted by molar-refractivity contribution is -0.0259. The van der Waals surface area contributed by atoms with Crippen LogP contribution in [-0.2, 0) is 20.8 Å². The van der Waals surface area contributed by atoms with Gasteiger partial charge in [0.15, 0.2) is 0 Å². The van der Waals surface area contributed by atoms with Crippen molar-refractivity contribution in [1.29, 1.82) is 0 Å². The van der Waals surface area contributed by atoms with E-state index in [0.29, 0.717) is 24.0 Å². The third kappa shape index (κ3) is 3.21. The van der Waals surface area contributed by atoms with E-state index in [2.05, 4.69) is 9.88 Å². The van der Waals surface area contributed by atoms with E-state index in [1.165, 1.54) is 5.01 Å². The summed E-state index contributed by atoms with van der Waals surface area (Å²) in [5, 5.41) is 3.24. The molecule has 6 heteroatoms. The quantitative estimate of drug-likeness (QED) is 0.826. The summed E-state index contributed by atoms with van der Waals surface area (Å²) in [6.45, 7) is 6.29. The molecule has 0 aliphatic carbocycles. The maximum atomic E-state index is 6.31.